The fourth-order valence-corrected chi connectivity index (χ4v) is 2.32. The molecule has 0 spiro atoms. The summed E-state index contributed by atoms with van der Waals surface area (Å²) in [6.45, 7) is 2.94. The molecule has 1 aromatic rings. The maximum atomic E-state index is 11.4. The summed E-state index contributed by atoms with van der Waals surface area (Å²) in [5.74, 6) is 0.365. The first-order chi connectivity index (χ1) is 8.20. The first-order valence-electron chi connectivity index (χ1n) is 6.08. The van der Waals surface area contributed by atoms with Gasteiger partial charge in [-0.1, -0.05) is 29.8 Å². The van der Waals surface area contributed by atoms with Crippen molar-refractivity contribution in [3.63, 3.8) is 0 Å². The Balaban J connectivity index is 1.95. The zero-order chi connectivity index (χ0) is 12.3. The molecule has 0 aliphatic carbocycles. The van der Waals surface area contributed by atoms with E-state index >= 15 is 0 Å². The Morgan fingerprint density at radius 3 is 2.53 bits per heavy atom. The lowest BCUT2D eigenvalue weighted by Crippen LogP contribution is -2.43. The second-order valence-corrected chi connectivity index (χ2v) is 4.67. The molecular formula is C14H19NO2. The fraction of sp³-hybridized carbons (Fsp3) is 0.500. The van der Waals surface area contributed by atoms with Gasteiger partial charge < -0.3 is 10.1 Å². The third-order valence-electron chi connectivity index (χ3n) is 3.45. The molecule has 0 radical (unpaired) electrons. The molecule has 0 aromatic heterocycles. The van der Waals surface area contributed by atoms with Crippen molar-refractivity contribution >= 4 is 5.97 Å². The van der Waals surface area contributed by atoms with E-state index in [2.05, 4.69) is 36.5 Å². The van der Waals surface area contributed by atoms with Gasteiger partial charge in [-0.3, -0.25) is 4.79 Å². The molecule has 0 saturated carbocycles. The van der Waals surface area contributed by atoms with Gasteiger partial charge in [0.2, 0.25) is 0 Å². The Bertz CT molecular complexity index is 378. The number of benzene rings is 1. The van der Waals surface area contributed by atoms with Gasteiger partial charge in [0.15, 0.2) is 0 Å². The molecular weight excluding hydrogens is 214 g/mol. The third kappa shape index (κ3) is 2.86. The van der Waals surface area contributed by atoms with E-state index in [0.717, 1.165) is 19.4 Å². The largest absolute Gasteiger partial charge is 0.468 e. The maximum Gasteiger partial charge on any atom is 0.322 e. The highest BCUT2D eigenvalue weighted by Crippen LogP contribution is 2.25. The Morgan fingerprint density at radius 2 is 2.00 bits per heavy atom. The zero-order valence-electron chi connectivity index (χ0n) is 10.4. The lowest BCUT2D eigenvalue weighted by molar-refractivity contribution is -0.143. The lowest BCUT2D eigenvalue weighted by atomic mass is 9.88. The van der Waals surface area contributed by atoms with Crippen LogP contribution in [0.3, 0.4) is 0 Å². The van der Waals surface area contributed by atoms with Gasteiger partial charge in [-0.05, 0) is 31.2 Å². The van der Waals surface area contributed by atoms with Crippen LogP contribution in [0.1, 0.15) is 29.9 Å². The summed E-state index contributed by atoms with van der Waals surface area (Å²) in [5.41, 5.74) is 2.64. The smallest absolute Gasteiger partial charge is 0.322 e. The molecule has 3 nitrogen and oxygen atoms in total. The van der Waals surface area contributed by atoms with E-state index in [1.807, 2.05) is 0 Å². The molecule has 3 heteroatoms. The van der Waals surface area contributed by atoms with E-state index in [0.29, 0.717) is 5.92 Å². The average molecular weight is 233 g/mol. The predicted molar refractivity (Wildman–Crippen MR) is 67.0 cm³/mol. The molecule has 2 rings (SSSR count). The van der Waals surface area contributed by atoms with Crippen LogP contribution in [-0.2, 0) is 9.53 Å². The number of nitrogens with one attached hydrogen (secondary N) is 1. The Labute approximate surface area is 102 Å². The minimum atomic E-state index is -0.146. The number of piperidine rings is 1. The minimum Gasteiger partial charge on any atom is -0.468 e. The number of hydrogen-bond acceptors (Lipinski definition) is 3. The average Bonchev–Trinajstić information content (AvgIpc) is 2.39. The molecule has 1 fully saturated rings. The van der Waals surface area contributed by atoms with Gasteiger partial charge >= 0.3 is 5.97 Å². The summed E-state index contributed by atoms with van der Waals surface area (Å²) < 4.78 is 4.74. The van der Waals surface area contributed by atoms with Crippen molar-refractivity contribution in [1.29, 1.82) is 0 Å². The summed E-state index contributed by atoms with van der Waals surface area (Å²) in [6.07, 6.45) is 1.89. The summed E-state index contributed by atoms with van der Waals surface area (Å²) in [4.78, 5) is 11.4. The van der Waals surface area contributed by atoms with Crippen molar-refractivity contribution in [2.45, 2.75) is 31.7 Å². The second kappa shape index (κ2) is 5.32. The summed E-state index contributed by atoms with van der Waals surface area (Å²) in [7, 11) is 1.44. The highest BCUT2D eigenvalue weighted by atomic mass is 16.5. The van der Waals surface area contributed by atoms with Gasteiger partial charge in [-0.25, -0.2) is 0 Å². The molecule has 0 amide bonds. The second-order valence-electron chi connectivity index (χ2n) is 4.67. The number of esters is 1. The molecule has 1 aromatic carbocycles. The minimum absolute atomic E-state index is 0.123. The molecule has 2 atom stereocenters. The molecule has 1 heterocycles. The monoisotopic (exact) mass is 233 g/mol. The Hall–Kier alpha value is -1.35. The fourth-order valence-electron chi connectivity index (χ4n) is 2.32. The van der Waals surface area contributed by atoms with Crippen LogP contribution < -0.4 is 5.32 Å². The molecule has 1 aliphatic heterocycles. The number of aryl methyl sites for hydroxylation is 1. The van der Waals surface area contributed by atoms with Crippen LogP contribution in [-0.4, -0.2) is 25.7 Å². The van der Waals surface area contributed by atoms with Crippen molar-refractivity contribution in [2.75, 3.05) is 13.7 Å². The van der Waals surface area contributed by atoms with Crippen LogP contribution in [0.4, 0.5) is 0 Å². The van der Waals surface area contributed by atoms with Crippen LogP contribution >= 0.6 is 0 Å². The van der Waals surface area contributed by atoms with Gasteiger partial charge in [0.1, 0.15) is 6.04 Å². The summed E-state index contributed by atoms with van der Waals surface area (Å²) >= 11 is 0. The van der Waals surface area contributed by atoms with E-state index in [-0.39, 0.29) is 12.0 Å². The van der Waals surface area contributed by atoms with Crippen molar-refractivity contribution < 1.29 is 9.53 Å². The molecule has 1 N–H and O–H groups in total. The number of carbonyl (C=O) groups is 1. The van der Waals surface area contributed by atoms with Gasteiger partial charge in [-0.15, -0.1) is 0 Å². The molecule has 2 unspecified atom stereocenters. The third-order valence-corrected chi connectivity index (χ3v) is 3.45. The standard InChI is InChI=1S/C14H19NO2/c1-10-3-5-11(6-4-10)12-7-8-13(15-9-12)14(16)17-2/h3-6,12-13,15H,7-9H2,1-2H3. The number of rotatable bonds is 2. The maximum absolute atomic E-state index is 11.4. The number of ether oxygens (including phenoxy) is 1. The van der Waals surface area contributed by atoms with E-state index < -0.39 is 0 Å². The number of methoxy groups -OCH3 is 1. The van der Waals surface area contributed by atoms with Gasteiger partial charge in [0.25, 0.3) is 0 Å². The van der Waals surface area contributed by atoms with Crippen molar-refractivity contribution in [3.8, 4) is 0 Å². The van der Waals surface area contributed by atoms with Crippen molar-refractivity contribution in [3.05, 3.63) is 35.4 Å². The molecule has 1 saturated heterocycles. The van der Waals surface area contributed by atoms with E-state index in [1.54, 1.807) is 0 Å². The quantitative estimate of drug-likeness (QED) is 0.794. The first kappa shape index (κ1) is 12.1. The molecule has 1 aliphatic rings. The van der Waals surface area contributed by atoms with Crippen LogP contribution in [0.5, 0.6) is 0 Å². The SMILES string of the molecule is COC(=O)C1CCC(c2ccc(C)cc2)CN1. The predicted octanol–water partition coefficient (Wildman–Crippen LogP) is 2.00. The highest BCUT2D eigenvalue weighted by molar-refractivity contribution is 5.75. The highest BCUT2D eigenvalue weighted by Gasteiger charge is 2.26. The topological polar surface area (TPSA) is 38.3 Å². The number of carbonyl (C=O) groups excluding carboxylic acids is 1. The van der Waals surface area contributed by atoms with E-state index in [9.17, 15) is 4.79 Å². The van der Waals surface area contributed by atoms with Crippen molar-refractivity contribution in [1.82, 2.24) is 5.32 Å². The summed E-state index contributed by atoms with van der Waals surface area (Å²) in [6, 6.07) is 8.52. The van der Waals surface area contributed by atoms with Gasteiger partial charge in [0, 0.05) is 6.54 Å². The van der Waals surface area contributed by atoms with Crippen LogP contribution in [0, 0.1) is 6.92 Å². The van der Waals surface area contributed by atoms with Gasteiger partial charge in [0.05, 0.1) is 7.11 Å². The molecule has 0 bridgehead atoms. The van der Waals surface area contributed by atoms with E-state index in [4.69, 9.17) is 4.74 Å². The molecule has 92 valence electrons. The summed E-state index contributed by atoms with van der Waals surface area (Å²) in [5, 5.41) is 3.26. The van der Waals surface area contributed by atoms with Gasteiger partial charge in [-0.2, -0.15) is 0 Å². The Morgan fingerprint density at radius 1 is 1.29 bits per heavy atom. The van der Waals surface area contributed by atoms with Crippen LogP contribution in [0.25, 0.3) is 0 Å². The normalized spacial score (nSPS) is 24.4. The zero-order valence-corrected chi connectivity index (χ0v) is 10.4. The first-order valence-corrected chi connectivity index (χ1v) is 6.08. The number of hydrogen-bond donors (Lipinski definition) is 1. The van der Waals surface area contributed by atoms with Crippen LogP contribution in [0.2, 0.25) is 0 Å². The van der Waals surface area contributed by atoms with Crippen LogP contribution in [0.15, 0.2) is 24.3 Å². The lowest BCUT2D eigenvalue weighted by Gasteiger charge is -2.28. The van der Waals surface area contributed by atoms with E-state index in [1.165, 1.54) is 18.2 Å². The molecule has 17 heavy (non-hydrogen) atoms. The Kier molecular flexibility index (Phi) is 3.79. The van der Waals surface area contributed by atoms with Crippen molar-refractivity contribution in [2.24, 2.45) is 0 Å².